The molecule has 13 heavy (non-hydrogen) atoms. The molecule has 2 N–H and O–H groups in total. The number of rotatable bonds is 4. The molecule has 0 unspecified atom stereocenters. The van der Waals surface area contributed by atoms with Gasteiger partial charge in [-0.05, 0) is 12.0 Å². The lowest BCUT2D eigenvalue weighted by Crippen LogP contribution is -1.92. The normalized spacial score (nSPS) is 13.4. The second-order valence-electron chi connectivity index (χ2n) is 2.80. The predicted octanol–water partition coefficient (Wildman–Crippen LogP) is 1.66. The van der Waals surface area contributed by atoms with E-state index in [4.69, 9.17) is 5.11 Å². The zero-order chi connectivity index (χ0) is 9.52. The van der Waals surface area contributed by atoms with Crippen molar-refractivity contribution in [2.45, 2.75) is 12.5 Å². The molecule has 2 nitrogen and oxygen atoms in total. The Morgan fingerprint density at radius 2 is 1.92 bits per heavy atom. The van der Waals surface area contributed by atoms with Gasteiger partial charge in [-0.2, -0.15) is 0 Å². The van der Waals surface area contributed by atoms with E-state index in [0.717, 1.165) is 5.56 Å². The Bertz CT molecular complexity index is 254. The monoisotopic (exact) mass is 178 g/mol. The average molecular weight is 178 g/mol. The van der Waals surface area contributed by atoms with Crippen molar-refractivity contribution < 1.29 is 10.2 Å². The SMILES string of the molecule is OCC/C=C\[C@@H](O)c1ccccc1. The first kappa shape index (κ1) is 9.96. The Kier molecular flexibility index (Phi) is 4.23. The van der Waals surface area contributed by atoms with Gasteiger partial charge < -0.3 is 10.2 Å². The highest BCUT2D eigenvalue weighted by atomic mass is 16.3. The Morgan fingerprint density at radius 1 is 1.23 bits per heavy atom. The molecule has 0 spiro atoms. The third-order valence-electron chi connectivity index (χ3n) is 1.76. The van der Waals surface area contributed by atoms with Crippen LogP contribution >= 0.6 is 0 Å². The largest absolute Gasteiger partial charge is 0.396 e. The van der Waals surface area contributed by atoms with Crippen LogP contribution in [0.4, 0.5) is 0 Å². The van der Waals surface area contributed by atoms with E-state index in [9.17, 15) is 5.11 Å². The molecular formula is C11H14O2. The van der Waals surface area contributed by atoms with E-state index in [1.807, 2.05) is 30.3 Å². The summed E-state index contributed by atoms with van der Waals surface area (Å²) in [6, 6.07) is 9.42. The van der Waals surface area contributed by atoms with Gasteiger partial charge in [0.1, 0.15) is 0 Å². The van der Waals surface area contributed by atoms with Crippen LogP contribution in [0.25, 0.3) is 0 Å². The summed E-state index contributed by atoms with van der Waals surface area (Å²) in [7, 11) is 0. The maximum absolute atomic E-state index is 9.58. The van der Waals surface area contributed by atoms with Crippen molar-refractivity contribution in [1.29, 1.82) is 0 Å². The number of hydrogen-bond donors (Lipinski definition) is 2. The highest BCUT2D eigenvalue weighted by Crippen LogP contribution is 2.12. The lowest BCUT2D eigenvalue weighted by atomic mass is 10.1. The smallest absolute Gasteiger partial charge is 0.0971 e. The van der Waals surface area contributed by atoms with Crippen molar-refractivity contribution >= 4 is 0 Å². The fraction of sp³-hybridized carbons (Fsp3) is 0.273. The highest BCUT2D eigenvalue weighted by molar-refractivity contribution is 5.20. The third-order valence-corrected chi connectivity index (χ3v) is 1.76. The minimum atomic E-state index is -0.562. The van der Waals surface area contributed by atoms with E-state index in [0.29, 0.717) is 6.42 Å². The molecule has 0 heterocycles. The summed E-state index contributed by atoms with van der Waals surface area (Å²) in [6.45, 7) is 0.123. The van der Waals surface area contributed by atoms with Crippen LogP contribution in [-0.4, -0.2) is 16.8 Å². The van der Waals surface area contributed by atoms with E-state index >= 15 is 0 Å². The standard InChI is InChI=1S/C11H14O2/c12-9-5-4-8-11(13)10-6-2-1-3-7-10/h1-4,6-8,11-13H,5,9H2/b8-4-/t11-/m1/s1. The molecule has 0 aliphatic carbocycles. The van der Waals surface area contributed by atoms with Crippen molar-refractivity contribution in [3.05, 3.63) is 48.0 Å². The van der Waals surface area contributed by atoms with Crippen LogP contribution in [0.2, 0.25) is 0 Å². The van der Waals surface area contributed by atoms with Crippen LogP contribution in [0.5, 0.6) is 0 Å². The molecule has 0 aromatic heterocycles. The van der Waals surface area contributed by atoms with E-state index < -0.39 is 6.10 Å². The zero-order valence-electron chi connectivity index (χ0n) is 7.43. The van der Waals surface area contributed by atoms with Crippen molar-refractivity contribution in [2.24, 2.45) is 0 Å². The van der Waals surface area contributed by atoms with Gasteiger partial charge in [0.25, 0.3) is 0 Å². The van der Waals surface area contributed by atoms with Gasteiger partial charge in [0.2, 0.25) is 0 Å². The summed E-state index contributed by atoms with van der Waals surface area (Å²) in [4.78, 5) is 0. The summed E-state index contributed by atoms with van der Waals surface area (Å²) in [6.07, 6.45) is 3.49. The molecule has 0 saturated carbocycles. The summed E-state index contributed by atoms with van der Waals surface area (Å²) in [5.74, 6) is 0. The predicted molar refractivity (Wildman–Crippen MR) is 52.2 cm³/mol. The van der Waals surface area contributed by atoms with E-state index in [2.05, 4.69) is 0 Å². The van der Waals surface area contributed by atoms with Crippen molar-refractivity contribution in [1.82, 2.24) is 0 Å². The first-order chi connectivity index (χ1) is 6.34. The Labute approximate surface area is 78.2 Å². The lowest BCUT2D eigenvalue weighted by Gasteiger charge is -2.04. The molecule has 0 aliphatic heterocycles. The third kappa shape index (κ3) is 3.40. The summed E-state index contributed by atoms with van der Waals surface area (Å²) in [5.41, 5.74) is 0.872. The van der Waals surface area contributed by atoms with Gasteiger partial charge in [-0.25, -0.2) is 0 Å². The molecule has 0 radical (unpaired) electrons. The molecule has 1 aromatic rings. The quantitative estimate of drug-likeness (QED) is 0.688. The molecule has 0 fully saturated rings. The van der Waals surface area contributed by atoms with Crippen molar-refractivity contribution in [3.8, 4) is 0 Å². The van der Waals surface area contributed by atoms with Crippen LogP contribution < -0.4 is 0 Å². The second kappa shape index (κ2) is 5.51. The maximum atomic E-state index is 9.58. The second-order valence-corrected chi connectivity index (χ2v) is 2.80. The van der Waals surface area contributed by atoms with E-state index in [1.54, 1.807) is 12.2 Å². The maximum Gasteiger partial charge on any atom is 0.0971 e. The minimum Gasteiger partial charge on any atom is -0.396 e. The summed E-state index contributed by atoms with van der Waals surface area (Å²) < 4.78 is 0. The van der Waals surface area contributed by atoms with Gasteiger partial charge in [-0.1, -0.05) is 42.5 Å². The van der Waals surface area contributed by atoms with Crippen LogP contribution in [0, 0.1) is 0 Å². The highest BCUT2D eigenvalue weighted by Gasteiger charge is 1.99. The van der Waals surface area contributed by atoms with Gasteiger partial charge in [-0.15, -0.1) is 0 Å². The molecular weight excluding hydrogens is 164 g/mol. The Balaban J connectivity index is 2.53. The van der Waals surface area contributed by atoms with Crippen molar-refractivity contribution in [2.75, 3.05) is 6.61 Å². The van der Waals surface area contributed by atoms with Gasteiger partial charge in [0.15, 0.2) is 0 Å². The fourth-order valence-electron chi connectivity index (χ4n) is 1.06. The molecule has 0 aliphatic rings. The van der Waals surface area contributed by atoms with Crippen LogP contribution in [0.1, 0.15) is 18.1 Å². The molecule has 0 amide bonds. The number of benzene rings is 1. The van der Waals surface area contributed by atoms with Crippen molar-refractivity contribution in [3.63, 3.8) is 0 Å². The lowest BCUT2D eigenvalue weighted by molar-refractivity contribution is 0.227. The molecule has 1 rings (SSSR count). The van der Waals surface area contributed by atoms with Gasteiger partial charge in [0.05, 0.1) is 6.10 Å². The Morgan fingerprint density at radius 3 is 2.54 bits per heavy atom. The molecule has 2 heteroatoms. The van der Waals surface area contributed by atoms with Gasteiger partial charge in [-0.3, -0.25) is 0 Å². The van der Waals surface area contributed by atoms with Gasteiger partial charge >= 0.3 is 0 Å². The molecule has 0 bridgehead atoms. The van der Waals surface area contributed by atoms with E-state index in [1.165, 1.54) is 0 Å². The topological polar surface area (TPSA) is 40.5 Å². The fourth-order valence-corrected chi connectivity index (χ4v) is 1.06. The van der Waals surface area contributed by atoms with Gasteiger partial charge in [0, 0.05) is 6.61 Å². The Hall–Kier alpha value is -1.12. The van der Waals surface area contributed by atoms with Crippen LogP contribution in [0.3, 0.4) is 0 Å². The number of hydrogen-bond acceptors (Lipinski definition) is 2. The molecule has 0 saturated heterocycles. The molecule has 1 atom stereocenters. The summed E-state index contributed by atoms with van der Waals surface area (Å²) in [5, 5.41) is 18.1. The van der Waals surface area contributed by atoms with Crippen LogP contribution in [0.15, 0.2) is 42.5 Å². The molecule has 70 valence electrons. The number of aliphatic hydroxyl groups excluding tert-OH is 2. The first-order valence-electron chi connectivity index (χ1n) is 4.35. The van der Waals surface area contributed by atoms with E-state index in [-0.39, 0.29) is 6.61 Å². The van der Waals surface area contributed by atoms with Crippen LogP contribution in [-0.2, 0) is 0 Å². The zero-order valence-corrected chi connectivity index (χ0v) is 7.43. The first-order valence-corrected chi connectivity index (χ1v) is 4.35. The minimum absolute atomic E-state index is 0.123. The summed E-state index contributed by atoms with van der Waals surface area (Å²) >= 11 is 0. The molecule has 1 aromatic carbocycles. The average Bonchev–Trinajstić information content (AvgIpc) is 2.19. The number of aliphatic hydroxyl groups is 2.